The average molecular weight is 484 g/mol. The highest BCUT2D eigenvalue weighted by Crippen LogP contribution is 2.41. The molecule has 8 nitrogen and oxygen atoms in total. The standard InChI is InChI=1S/C21H25ClF3N7O/c1-11(2)8-28-17(27)18-30-12(3)6-15(31-18)16(26)32-20(4-5-20)10-33-19-14(22)7-13(9-29-19)21(23,24)25/h6-7,9,11H,4-5,8,10H2,1-3H3,(H2,26,32)(H2,27,28). The van der Waals surface area contributed by atoms with E-state index in [0.717, 1.165) is 6.07 Å². The van der Waals surface area contributed by atoms with Gasteiger partial charge in [-0.2, -0.15) is 13.2 Å². The van der Waals surface area contributed by atoms with E-state index in [9.17, 15) is 13.2 Å². The van der Waals surface area contributed by atoms with E-state index in [-0.39, 0.29) is 35.0 Å². The summed E-state index contributed by atoms with van der Waals surface area (Å²) >= 11 is 5.91. The van der Waals surface area contributed by atoms with Crippen LogP contribution in [0.4, 0.5) is 13.2 Å². The summed E-state index contributed by atoms with van der Waals surface area (Å²) in [5, 5.41) is -0.232. The number of aliphatic imine (C=N–C) groups is 2. The largest absolute Gasteiger partial charge is 0.474 e. The molecule has 2 aromatic heterocycles. The van der Waals surface area contributed by atoms with E-state index in [4.69, 9.17) is 27.8 Å². The average Bonchev–Trinajstić information content (AvgIpc) is 3.49. The summed E-state index contributed by atoms with van der Waals surface area (Å²) in [5.41, 5.74) is 11.7. The predicted molar refractivity (Wildman–Crippen MR) is 120 cm³/mol. The normalized spacial score (nSPS) is 16.2. The van der Waals surface area contributed by atoms with Crippen LogP contribution in [0, 0.1) is 12.8 Å². The maximum atomic E-state index is 12.8. The first kappa shape index (κ1) is 24.7. The molecular weight excluding hydrogens is 459 g/mol. The lowest BCUT2D eigenvalue weighted by molar-refractivity contribution is -0.137. The van der Waals surface area contributed by atoms with Crippen molar-refractivity contribution < 1.29 is 17.9 Å². The van der Waals surface area contributed by atoms with E-state index in [0.29, 0.717) is 42.9 Å². The van der Waals surface area contributed by atoms with E-state index in [1.165, 1.54) is 0 Å². The quantitative estimate of drug-likeness (QED) is 0.437. The molecule has 178 valence electrons. The van der Waals surface area contributed by atoms with Crippen molar-refractivity contribution in [2.75, 3.05) is 13.2 Å². The second-order valence-corrected chi connectivity index (χ2v) is 8.76. The SMILES string of the molecule is Cc1cc(C(N)=NC2(COc3ncc(C(F)(F)F)cc3Cl)CC2)nc(C(N)=NCC(C)C)n1. The number of nitrogens with two attached hydrogens (primary N) is 2. The highest BCUT2D eigenvalue weighted by atomic mass is 35.5. The number of nitrogens with zero attached hydrogens (tertiary/aromatic N) is 5. The summed E-state index contributed by atoms with van der Waals surface area (Å²) in [5.74, 6) is 0.895. The predicted octanol–water partition coefficient (Wildman–Crippen LogP) is 3.53. The van der Waals surface area contributed by atoms with Gasteiger partial charge in [0, 0.05) is 18.4 Å². The molecule has 1 aliphatic carbocycles. The monoisotopic (exact) mass is 483 g/mol. The maximum absolute atomic E-state index is 12.8. The number of aryl methyl sites for hydroxylation is 1. The molecule has 0 radical (unpaired) electrons. The molecule has 0 saturated heterocycles. The van der Waals surface area contributed by atoms with Crippen LogP contribution in [-0.4, -0.2) is 45.3 Å². The van der Waals surface area contributed by atoms with Gasteiger partial charge in [-0.3, -0.25) is 9.98 Å². The summed E-state index contributed by atoms with van der Waals surface area (Å²) in [4.78, 5) is 21.2. The Labute approximate surface area is 194 Å². The van der Waals surface area contributed by atoms with Crippen molar-refractivity contribution in [3.63, 3.8) is 0 Å². The number of halogens is 4. The topological polar surface area (TPSA) is 125 Å². The van der Waals surface area contributed by atoms with Gasteiger partial charge in [-0.1, -0.05) is 25.4 Å². The van der Waals surface area contributed by atoms with Crippen molar-refractivity contribution in [3.05, 3.63) is 46.1 Å². The molecule has 1 saturated carbocycles. The number of aromatic nitrogens is 3. The number of hydrogen-bond donors (Lipinski definition) is 2. The zero-order valence-corrected chi connectivity index (χ0v) is 19.2. The lowest BCUT2D eigenvalue weighted by Crippen LogP contribution is -2.27. The highest BCUT2D eigenvalue weighted by molar-refractivity contribution is 6.31. The molecule has 4 N–H and O–H groups in total. The fraction of sp³-hybridized carbons (Fsp3) is 0.476. The van der Waals surface area contributed by atoms with E-state index in [1.54, 1.807) is 13.0 Å². The van der Waals surface area contributed by atoms with Crippen LogP contribution in [0.15, 0.2) is 28.3 Å². The van der Waals surface area contributed by atoms with Crippen LogP contribution < -0.4 is 16.2 Å². The summed E-state index contributed by atoms with van der Waals surface area (Å²) < 4.78 is 43.9. The number of rotatable bonds is 8. The van der Waals surface area contributed by atoms with Crippen molar-refractivity contribution in [1.29, 1.82) is 0 Å². The van der Waals surface area contributed by atoms with Gasteiger partial charge < -0.3 is 16.2 Å². The van der Waals surface area contributed by atoms with Crippen molar-refractivity contribution in [2.24, 2.45) is 27.4 Å². The minimum absolute atomic E-state index is 0.0562. The van der Waals surface area contributed by atoms with Crippen LogP contribution in [0.3, 0.4) is 0 Å². The van der Waals surface area contributed by atoms with E-state index in [1.807, 2.05) is 13.8 Å². The summed E-state index contributed by atoms with van der Waals surface area (Å²) in [6, 6.07) is 2.46. The van der Waals surface area contributed by atoms with E-state index < -0.39 is 17.3 Å². The molecule has 0 aromatic carbocycles. The Morgan fingerprint density at radius 2 is 1.91 bits per heavy atom. The molecule has 1 aliphatic rings. The van der Waals surface area contributed by atoms with Gasteiger partial charge in [0.2, 0.25) is 5.88 Å². The van der Waals surface area contributed by atoms with Crippen LogP contribution in [-0.2, 0) is 6.18 Å². The molecular formula is C21H25ClF3N7O. The lowest BCUT2D eigenvalue weighted by atomic mass is 10.2. The number of pyridine rings is 1. The number of hydrogen-bond acceptors (Lipinski definition) is 6. The first-order chi connectivity index (χ1) is 15.4. The minimum atomic E-state index is -4.54. The Bertz CT molecular complexity index is 1080. The summed E-state index contributed by atoms with van der Waals surface area (Å²) in [7, 11) is 0. The third kappa shape index (κ3) is 6.53. The lowest BCUT2D eigenvalue weighted by Gasteiger charge is -2.15. The highest BCUT2D eigenvalue weighted by Gasteiger charge is 2.44. The Balaban J connectivity index is 1.75. The molecule has 0 atom stereocenters. The van der Waals surface area contributed by atoms with Gasteiger partial charge in [0.05, 0.1) is 11.1 Å². The van der Waals surface area contributed by atoms with Gasteiger partial charge in [0.25, 0.3) is 0 Å². The number of amidine groups is 2. The second-order valence-electron chi connectivity index (χ2n) is 8.36. The van der Waals surface area contributed by atoms with E-state index in [2.05, 4.69) is 24.9 Å². The van der Waals surface area contributed by atoms with Gasteiger partial charge in [0.15, 0.2) is 11.7 Å². The Morgan fingerprint density at radius 1 is 1.21 bits per heavy atom. The van der Waals surface area contributed by atoms with Crippen LogP contribution >= 0.6 is 11.6 Å². The smallest absolute Gasteiger partial charge is 0.417 e. The van der Waals surface area contributed by atoms with Gasteiger partial charge in [0.1, 0.15) is 23.2 Å². The van der Waals surface area contributed by atoms with E-state index >= 15 is 0 Å². The fourth-order valence-corrected chi connectivity index (χ4v) is 3.02. The molecule has 2 heterocycles. The first-order valence-electron chi connectivity index (χ1n) is 10.3. The Kier molecular flexibility index (Phi) is 7.11. The summed E-state index contributed by atoms with van der Waals surface area (Å²) in [6.45, 7) is 6.43. The van der Waals surface area contributed by atoms with Crippen molar-refractivity contribution in [3.8, 4) is 5.88 Å². The number of alkyl halides is 3. The molecule has 0 amide bonds. The molecule has 12 heteroatoms. The molecule has 0 bridgehead atoms. The van der Waals surface area contributed by atoms with Gasteiger partial charge in [-0.25, -0.2) is 15.0 Å². The molecule has 1 fully saturated rings. The van der Waals surface area contributed by atoms with Crippen LogP contribution in [0.5, 0.6) is 5.88 Å². The molecule has 0 unspecified atom stereocenters. The van der Waals surface area contributed by atoms with Gasteiger partial charge in [-0.05, 0) is 37.8 Å². The zero-order chi connectivity index (χ0) is 24.4. The van der Waals surface area contributed by atoms with Gasteiger partial charge in [-0.15, -0.1) is 0 Å². The third-order valence-electron chi connectivity index (χ3n) is 4.77. The molecule has 0 aliphatic heterocycles. The molecule has 2 aromatic rings. The molecule has 33 heavy (non-hydrogen) atoms. The van der Waals surface area contributed by atoms with Crippen LogP contribution in [0.25, 0.3) is 0 Å². The van der Waals surface area contributed by atoms with Crippen molar-refractivity contribution in [2.45, 2.75) is 45.3 Å². The van der Waals surface area contributed by atoms with Gasteiger partial charge >= 0.3 is 6.18 Å². The minimum Gasteiger partial charge on any atom is -0.474 e. The Morgan fingerprint density at radius 3 is 2.48 bits per heavy atom. The molecule has 3 rings (SSSR count). The zero-order valence-electron chi connectivity index (χ0n) is 18.4. The third-order valence-corrected chi connectivity index (χ3v) is 5.04. The van der Waals surface area contributed by atoms with Crippen molar-refractivity contribution >= 4 is 23.3 Å². The Hall–Kier alpha value is -2.95. The maximum Gasteiger partial charge on any atom is 0.417 e. The number of ether oxygens (including phenoxy) is 1. The van der Waals surface area contributed by atoms with Crippen LogP contribution in [0.2, 0.25) is 5.02 Å². The first-order valence-corrected chi connectivity index (χ1v) is 10.6. The van der Waals surface area contributed by atoms with Crippen LogP contribution in [0.1, 0.15) is 49.5 Å². The fourth-order valence-electron chi connectivity index (χ4n) is 2.80. The summed E-state index contributed by atoms with van der Waals surface area (Å²) in [6.07, 6.45) is -2.50. The molecule has 0 spiro atoms. The second kappa shape index (κ2) is 9.50. The van der Waals surface area contributed by atoms with Crippen molar-refractivity contribution in [1.82, 2.24) is 15.0 Å².